The second-order valence-corrected chi connectivity index (χ2v) is 9.52. The van der Waals surface area contributed by atoms with Crippen LogP contribution < -0.4 is 15.2 Å². The minimum Gasteiger partial charge on any atom is -0.495 e. The molecule has 1 aliphatic rings. The topological polar surface area (TPSA) is 83.0 Å². The SMILES string of the molecule is COc1c(Br)cccc1-c1c(C(=O)C2CC2)c2cc(C(N)=O)ccn2c1-c1ccc(OC(F)(F)F)cc1. The fraction of sp³-hybridized carbons (Fsp3) is 0.185. The maximum Gasteiger partial charge on any atom is 0.573 e. The molecule has 1 fully saturated rings. The van der Waals surface area contributed by atoms with E-state index >= 15 is 0 Å². The molecule has 0 radical (unpaired) electrons. The molecule has 1 aliphatic carbocycles. The van der Waals surface area contributed by atoms with Crippen LogP contribution in [0, 0.1) is 5.92 Å². The Morgan fingerprint density at radius 1 is 1.08 bits per heavy atom. The van der Waals surface area contributed by atoms with Crippen LogP contribution in [-0.2, 0) is 0 Å². The number of carbonyl (C=O) groups excluding carboxylic acids is 2. The monoisotopic (exact) mass is 572 g/mol. The number of pyridine rings is 1. The van der Waals surface area contributed by atoms with Gasteiger partial charge in [0.15, 0.2) is 5.78 Å². The molecule has 5 rings (SSSR count). The number of hydrogen-bond donors (Lipinski definition) is 1. The molecule has 2 heterocycles. The number of Topliss-reactive ketones (excluding diaryl/α,β-unsaturated/α-hetero) is 1. The Hall–Kier alpha value is -3.79. The number of fused-ring (bicyclic) bond motifs is 1. The number of ketones is 1. The number of methoxy groups -OCH3 is 1. The third-order valence-electron chi connectivity index (χ3n) is 6.22. The molecule has 0 unspecified atom stereocenters. The maximum atomic E-state index is 13.7. The first-order chi connectivity index (χ1) is 17.6. The van der Waals surface area contributed by atoms with E-state index in [-0.39, 0.29) is 23.0 Å². The van der Waals surface area contributed by atoms with Crippen LogP contribution in [-0.4, -0.2) is 29.6 Å². The summed E-state index contributed by atoms with van der Waals surface area (Å²) in [7, 11) is 1.51. The van der Waals surface area contributed by atoms with Crippen LogP contribution in [0.4, 0.5) is 13.2 Å². The summed E-state index contributed by atoms with van der Waals surface area (Å²) < 4.78 is 50.3. The van der Waals surface area contributed by atoms with Crippen LogP contribution in [0.3, 0.4) is 0 Å². The Balaban J connectivity index is 1.86. The normalized spacial score (nSPS) is 13.5. The van der Waals surface area contributed by atoms with E-state index in [1.807, 2.05) is 6.07 Å². The Kier molecular flexibility index (Phi) is 6.23. The first-order valence-electron chi connectivity index (χ1n) is 11.3. The summed E-state index contributed by atoms with van der Waals surface area (Å²) in [5, 5.41) is 0. The van der Waals surface area contributed by atoms with Crippen molar-refractivity contribution in [2.24, 2.45) is 11.7 Å². The fourth-order valence-corrected chi connectivity index (χ4v) is 5.01. The van der Waals surface area contributed by atoms with Crippen molar-refractivity contribution >= 4 is 33.1 Å². The average Bonchev–Trinajstić information content (AvgIpc) is 3.64. The van der Waals surface area contributed by atoms with Crippen molar-refractivity contribution in [3.05, 3.63) is 76.4 Å². The van der Waals surface area contributed by atoms with Gasteiger partial charge < -0.3 is 19.6 Å². The van der Waals surface area contributed by atoms with Gasteiger partial charge in [0, 0.05) is 28.8 Å². The van der Waals surface area contributed by atoms with E-state index in [1.54, 1.807) is 28.8 Å². The highest BCUT2D eigenvalue weighted by Crippen LogP contribution is 2.48. The molecule has 2 aromatic carbocycles. The van der Waals surface area contributed by atoms with Gasteiger partial charge in [-0.15, -0.1) is 13.2 Å². The molecular weight excluding hydrogens is 553 g/mol. The van der Waals surface area contributed by atoms with Gasteiger partial charge in [-0.3, -0.25) is 9.59 Å². The van der Waals surface area contributed by atoms with Crippen molar-refractivity contribution in [1.82, 2.24) is 4.40 Å². The number of nitrogens with two attached hydrogens (primary N) is 1. The first-order valence-corrected chi connectivity index (χ1v) is 12.1. The quantitative estimate of drug-likeness (QED) is 0.252. The Morgan fingerprint density at radius 3 is 2.38 bits per heavy atom. The largest absolute Gasteiger partial charge is 0.573 e. The Morgan fingerprint density at radius 2 is 1.78 bits per heavy atom. The zero-order valence-electron chi connectivity index (χ0n) is 19.4. The molecule has 4 aromatic rings. The summed E-state index contributed by atoms with van der Waals surface area (Å²) in [6.07, 6.45) is -1.70. The summed E-state index contributed by atoms with van der Waals surface area (Å²) in [6, 6.07) is 13.9. The molecule has 1 amide bonds. The molecule has 2 N–H and O–H groups in total. The van der Waals surface area contributed by atoms with Gasteiger partial charge in [-0.1, -0.05) is 12.1 Å². The highest BCUT2D eigenvalue weighted by molar-refractivity contribution is 9.10. The number of ether oxygens (including phenoxy) is 2. The standard InChI is InChI=1S/C27H20BrF3N2O4/c1-36-25-18(3-2-4-19(25)28)21-22(24(34)15-5-6-15)20-13-16(26(32)35)11-12-33(20)23(21)14-7-9-17(10-8-14)37-27(29,30)31/h2-4,7-13,15H,5-6H2,1H3,(H2,32,35). The van der Waals surface area contributed by atoms with Crippen LogP contribution in [0.25, 0.3) is 27.9 Å². The number of hydrogen-bond acceptors (Lipinski definition) is 4. The van der Waals surface area contributed by atoms with E-state index < -0.39 is 12.3 Å². The van der Waals surface area contributed by atoms with Crippen LogP contribution in [0.2, 0.25) is 0 Å². The minimum absolute atomic E-state index is 0.0839. The molecule has 10 heteroatoms. The molecule has 2 aromatic heterocycles. The van der Waals surface area contributed by atoms with Crippen LogP contribution in [0.1, 0.15) is 33.6 Å². The van der Waals surface area contributed by atoms with Gasteiger partial charge in [0.25, 0.3) is 0 Å². The van der Waals surface area contributed by atoms with Crippen molar-refractivity contribution in [3.8, 4) is 33.9 Å². The zero-order chi connectivity index (χ0) is 26.5. The highest BCUT2D eigenvalue weighted by Gasteiger charge is 2.37. The van der Waals surface area contributed by atoms with Crippen molar-refractivity contribution in [2.75, 3.05) is 7.11 Å². The third-order valence-corrected chi connectivity index (χ3v) is 6.84. The lowest BCUT2D eigenvalue weighted by Gasteiger charge is -2.14. The lowest BCUT2D eigenvalue weighted by Crippen LogP contribution is -2.16. The number of primary amides is 1. The number of benzene rings is 2. The zero-order valence-corrected chi connectivity index (χ0v) is 21.0. The number of halogens is 4. The van der Waals surface area contributed by atoms with E-state index in [0.717, 1.165) is 12.8 Å². The van der Waals surface area contributed by atoms with E-state index in [2.05, 4.69) is 20.7 Å². The molecule has 0 atom stereocenters. The van der Waals surface area contributed by atoms with Crippen molar-refractivity contribution in [3.63, 3.8) is 0 Å². The van der Waals surface area contributed by atoms with E-state index in [0.29, 0.717) is 43.7 Å². The number of nitrogens with zero attached hydrogens (tertiary/aromatic N) is 1. The van der Waals surface area contributed by atoms with Gasteiger partial charge in [-0.2, -0.15) is 0 Å². The first kappa shape index (κ1) is 24.9. The summed E-state index contributed by atoms with van der Waals surface area (Å²) in [5.41, 5.74) is 8.85. The van der Waals surface area contributed by atoms with Gasteiger partial charge in [0.05, 0.1) is 28.4 Å². The van der Waals surface area contributed by atoms with Gasteiger partial charge in [0.1, 0.15) is 11.5 Å². The summed E-state index contributed by atoms with van der Waals surface area (Å²) in [4.78, 5) is 25.7. The molecular formula is C27H20BrF3N2O4. The van der Waals surface area contributed by atoms with Crippen LogP contribution in [0.15, 0.2) is 65.3 Å². The van der Waals surface area contributed by atoms with Crippen molar-refractivity contribution < 1.29 is 32.2 Å². The van der Waals surface area contributed by atoms with E-state index in [9.17, 15) is 22.8 Å². The lowest BCUT2D eigenvalue weighted by atomic mass is 9.93. The maximum absolute atomic E-state index is 13.7. The summed E-state index contributed by atoms with van der Waals surface area (Å²) >= 11 is 3.50. The van der Waals surface area contributed by atoms with E-state index in [1.165, 1.54) is 37.4 Å². The Bertz CT molecular complexity index is 1540. The predicted molar refractivity (Wildman–Crippen MR) is 135 cm³/mol. The van der Waals surface area contributed by atoms with Crippen molar-refractivity contribution in [1.29, 1.82) is 0 Å². The number of para-hydroxylation sites is 1. The molecule has 0 bridgehead atoms. The number of amides is 1. The lowest BCUT2D eigenvalue weighted by molar-refractivity contribution is -0.274. The van der Waals surface area contributed by atoms with Crippen LogP contribution >= 0.6 is 15.9 Å². The third kappa shape index (κ3) is 4.69. The summed E-state index contributed by atoms with van der Waals surface area (Å²) in [6.45, 7) is 0. The molecule has 0 aliphatic heterocycles. The Labute approximate surface area is 217 Å². The average molecular weight is 573 g/mol. The highest BCUT2D eigenvalue weighted by atomic mass is 79.9. The molecule has 6 nitrogen and oxygen atoms in total. The number of alkyl halides is 3. The van der Waals surface area contributed by atoms with Crippen molar-refractivity contribution in [2.45, 2.75) is 19.2 Å². The van der Waals surface area contributed by atoms with Gasteiger partial charge in [-0.25, -0.2) is 0 Å². The van der Waals surface area contributed by atoms with Gasteiger partial charge in [0.2, 0.25) is 5.91 Å². The predicted octanol–water partition coefficient (Wildman–Crippen LogP) is 6.63. The minimum atomic E-state index is -4.83. The van der Waals surface area contributed by atoms with Crippen LogP contribution in [0.5, 0.6) is 11.5 Å². The van der Waals surface area contributed by atoms with Gasteiger partial charge >= 0.3 is 6.36 Å². The summed E-state index contributed by atoms with van der Waals surface area (Å²) in [5.74, 6) is -0.777. The number of carbonyl (C=O) groups is 2. The smallest absolute Gasteiger partial charge is 0.495 e. The molecule has 0 saturated heterocycles. The van der Waals surface area contributed by atoms with E-state index in [4.69, 9.17) is 10.5 Å². The number of aromatic nitrogens is 1. The number of rotatable bonds is 7. The second-order valence-electron chi connectivity index (χ2n) is 8.66. The van der Waals surface area contributed by atoms with Gasteiger partial charge in [-0.05, 0) is 76.8 Å². The molecule has 190 valence electrons. The molecule has 0 spiro atoms. The molecule has 1 saturated carbocycles. The fourth-order valence-electron chi connectivity index (χ4n) is 4.48. The second kappa shape index (κ2) is 9.26. The molecule has 37 heavy (non-hydrogen) atoms.